The maximum absolute atomic E-state index is 12.7. The summed E-state index contributed by atoms with van der Waals surface area (Å²) in [5.41, 5.74) is 13.1. The third-order valence-electron chi connectivity index (χ3n) is 3.44. The summed E-state index contributed by atoms with van der Waals surface area (Å²) in [6.45, 7) is 0. The Balaban J connectivity index is 2.29. The van der Waals surface area contributed by atoms with Gasteiger partial charge in [0.25, 0.3) is 0 Å². The van der Waals surface area contributed by atoms with Gasteiger partial charge in [0.05, 0.1) is 29.4 Å². The van der Waals surface area contributed by atoms with Gasteiger partial charge in [-0.05, 0) is 17.7 Å². The van der Waals surface area contributed by atoms with Crippen LogP contribution in [0.25, 0.3) is 22.1 Å². The van der Waals surface area contributed by atoms with E-state index in [1.54, 1.807) is 18.2 Å². The van der Waals surface area contributed by atoms with E-state index in [1.165, 1.54) is 25.5 Å². The Morgan fingerprint density at radius 3 is 2.64 bits per heavy atom. The van der Waals surface area contributed by atoms with Crippen LogP contribution >= 0.6 is 0 Å². The molecule has 3 rings (SSSR count). The molecule has 1 heterocycles. The number of ether oxygens (including phenoxy) is 1. The Labute approximate surface area is 125 Å². The first-order valence-corrected chi connectivity index (χ1v) is 6.49. The number of benzene rings is 2. The van der Waals surface area contributed by atoms with E-state index in [0.717, 1.165) is 0 Å². The number of hydrogen-bond donors (Lipinski definition) is 3. The molecule has 0 saturated carbocycles. The standard InChI is InChI=1S/C16H14N2O4/c1-21-13-4-8(2-3-11(13)17)10-7-22-14-6-9(19)5-12(18)15(14)16(10)20/h2-7,19H,17-18H2,1H3. The predicted molar refractivity (Wildman–Crippen MR) is 85.0 cm³/mol. The fraction of sp³-hybridized carbons (Fsp3) is 0.0625. The highest BCUT2D eigenvalue weighted by Crippen LogP contribution is 2.30. The number of methoxy groups -OCH3 is 1. The van der Waals surface area contributed by atoms with E-state index in [-0.39, 0.29) is 27.8 Å². The van der Waals surface area contributed by atoms with Crippen molar-refractivity contribution in [3.05, 3.63) is 46.8 Å². The normalized spacial score (nSPS) is 10.8. The average molecular weight is 298 g/mol. The zero-order valence-corrected chi connectivity index (χ0v) is 11.8. The van der Waals surface area contributed by atoms with Crippen molar-refractivity contribution in [1.29, 1.82) is 0 Å². The second-order valence-electron chi connectivity index (χ2n) is 4.84. The van der Waals surface area contributed by atoms with Crippen LogP contribution in [0.1, 0.15) is 0 Å². The van der Waals surface area contributed by atoms with Crippen LogP contribution < -0.4 is 21.6 Å². The van der Waals surface area contributed by atoms with Gasteiger partial charge in [0, 0.05) is 12.1 Å². The lowest BCUT2D eigenvalue weighted by molar-refractivity contribution is 0.417. The summed E-state index contributed by atoms with van der Waals surface area (Å²) in [7, 11) is 1.50. The molecule has 0 bridgehead atoms. The first-order valence-electron chi connectivity index (χ1n) is 6.49. The number of nitrogens with two attached hydrogens (primary N) is 2. The SMILES string of the molecule is COc1cc(-c2coc3cc(O)cc(N)c3c2=O)ccc1N. The lowest BCUT2D eigenvalue weighted by Crippen LogP contribution is -2.07. The average Bonchev–Trinajstić information content (AvgIpc) is 2.47. The molecule has 2 aromatic carbocycles. The summed E-state index contributed by atoms with van der Waals surface area (Å²) in [6.07, 6.45) is 1.33. The molecule has 5 N–H and O–H groups in total. The Kier molecular flexibility index (Phi) is 3.14. The largest absolute Gasteiger partial charge is 0.508 e. The molecule has 0 radical (unpaired) electrons. The third kappa shape index (κ3) is 2.10. The molecule has 0 spiro atoms. The number of phenols is 1. The van der Waals surface area contributed by atoms with Crippen molar-refractivity contribution < 1.29 is 14.3 Å². The van der Waals surface area contributed by atoms with Crippen LogP contribution in [0.5, 0.6) is 11.5 Å². The molecule has 6 heteroatoms. The second-order valence-corrected chi connectivity index (χ2v) is 4.84. The van der Waals surface area contributed by atoms with Gasteiger partial charge >= 0.3 is 0 Å². The Morgan fingerprint density at radius 1 is 1.14 bits per heavy atom. The van der Waals surface area contributed by atoms with E-state index in [4.69, 9.17) is 20.6 Å². The van der Waals surface area contributed by atoms with E-state index in [9.17, 15) is 9.90 Å². The molecule has 112 valence electrons. The van der Waals surface area contributed by atoms with Gasteiger partial charge < -0.3 is 25.7 Å². The highest BCUT2D eigenvalue weighted by molar-refractivity contribution is 5.92. The van der Waals surface area contributed by atoms with Crippen molar-refractivity contribution in [1.82, 2.24) is 0 Å². The highest BCUT2D eigenvalue weighted by atomic mass is 16.5. The summed E-state index contributed by atoms with van der Waals surface area (Å²) >= 11 is 0. The minimum atomic E-state index is -0.287. The summed E-state index contributed by atoms with van der Waals surface area (Å²) in [4.78, 5) is 12.7. The fourth-order valence-corrected chi connectivity index (χ4v) is 2.35. The molecule has 0 atom stereocenters. The Hall–Kier alpha value is -3.15. The fourth-order valence-electron chi connectivity index (χ4n) is 2.35. The summed E-state index contributed by atoms with van der Waals surface area (Å²) in [6, 6.07) is 7.67. The Bertz CT molecular complexity index is 931. The number of phenolic OH excluding ortho intramolecular Hbond substituents is 1. The van der Waals surface area contributed by atoms with E-state index < -0.39 is 0 Å². The van der Waals surface area contributed by atoms with Crippen molar-refractivity contribution in [3.8, 4) is 22.6 Å². The lowest BCUT2D eigenvalue weighted by Gasteiger charge is -2.08. The number of aromatic hydroxyl groups is 1. The van der Waals surface area contributed by atoms with Gasteiger partial charge in [0.2, 0.25) is 5.43 Å². The molecule has 0 unspecified atom stereocenters. The molecule has 0 amide bonds. The topological polar surface area (TPSA) is 112 Å². The Morgan fingerprint density at radius 2 is 1.91 bits per heavy atom. The van der Waals surface area contributed by atoms with Gasteiger partial charge in [0.15, 0.2) is 0 Å². The van der Waals surface area contributed by atoms with Gasteiger partial charge in [-0.3, -0.25) is 4.79 Å². The van der Waals surface area contributed by atoms with Crippen LogP contribution in [-0.2, 0) is 0 Å². The zero-order chi connectivity index (χ0) is 15.9. The van der Waals surface area contributed by atoms with Crippen LogP contribution in [0, 0.1) is 0 Å². The number of nitrogen functional groups attached to an aromatic ring is 2. The molecule has 22 heavy (non-hydrogen) atoms. The molecule has 0 saturated heterocycles. The maximum Gasteiger partial charge on any atom is 0.202 e. The molecule has 0 fully saturated rings. The summed E-state index contributed by atoms with van der Waals surface area (Å²) < 4.78 is 10.6. The van der Waals surface area contributed by atoms with E-state index in [1.807, 2.05) is 0 Å². The van der Waals surface area contributed by atoms with Crippen molar-refractivity contribution in [3.63, 3.8) is 0 Å². The molecule has 0 aliphatic carbocycles. The van der Waals surface area contributed by atoms with Gasteiger partial charge in [-0.2, -0.15) is 0 Å². The van der Waals surface area contributed by atoms with Crippen LogP contribution in [0.15, 0.2) is 45.8 Å². The summed E-state index contributed by atoms with van der Waals surface area (Å²) in [5.74, 6) is 0.408. The number of rotatable bonds is 2. The van der Waals surface area contributed by atoms with Crippen molar-refractivity contribution >= 4 is 22.3 Å². The van der Waals surface area contributed by atoms with Crippen LogP contribution in [0.3, 0.4) is 0 Å². The minimum Gasteiger partial charge on any atom is -0.508 e. The van der Waals surface area contributed by atoms with Crippen LogP contribution in [-0.4, -0.2) is 12.2 Å². The predicted octanol–water partition coefficient (Wildman–Crippen LogP) is 2.34. The van der Waals surface area contributed by atoms with Gasteiger partial charge in [-0.1, -0.05) is 6.07 Å². The highest BCUT2D eigenvalue weighted by Gasteiger charge is 2.14. The molecular weight excluding hydrogens is 284 g/mol. The van der Waals surface area contributed by atoms with Gasteiger partial charge in [0.1, 0.15) is 23.3 Å². The second kappa shape index (κ2) is 5.00. The van der Waals surface area contributed by atoms with Crippen LogP contribution in [0.4, 0.5) is 11.4 Å². The molecule has 0 aliphatic heterocycles. The monoisotopic (exact) mass is 298 g/mol. The summed E-state index contributed by atoms with van der Waals surface area (Å²) in [5, 5.41) is 9.74. The maximum atomic E-state index is 12.7. The smallest absolute Gasteiger partial charge is 0.202 e. The first-order chi connectivity index (χ1) is 10.5. The van der Waals surface area contributed by atoms with Gasteiger partial charge in [-0.25, -0.2) is 0 Å². The lowest BCUT2D eigenvalue weighted by atomic mass is 10.0. The minimum absolute atomic E-state index is 0.0601. The van der Waals surface area contributed by atoms with Crippen molar-refractivity contribution in [2.75, 3.05) is 18.6 Å². The van der Waals surface area contributed by atoms with E-state index in [2.05, 4.69) is 0 Å². The van der Waals surface area contributed by atoms with Gasteiger partial charge in [-0.15, -0.1) is 0 Å². The molecule has 6 nitrogen and oxygen atoms in total. The van der Waals surface area contributed by atoms with Crippen molar-refractivity contribution in [2.24, 2.45) is 0 Å². The first kappa shape index (κ1) is 13.8. The van der Waals surface area contributed by atoms with E-state index >= 15 is 0 Å². The number of fused-ring (bicyclic) bond motifs is 1. The molecule has 1 aromatic heterocycles. The molecule has 3 aromatic rings. The zero-order valence-electron chi connectivity index (χ0n) is 11.8. The molecular formula is C16H14N2O4. The third-order valence-corrected chi connectivity index (χ3v) is 3.44. The quantitative estimate of drug-likeness (QED) is 0.626. The van der Waals surface area contributed by atoms with E-state index in [0.29, 0.717) is 22.6 Å². The number of hydrogen-bond acceptors (Lipinski definition) is 6. The van der Waals surface area contributed by atoms with Crippen LogP contribution in [0.2, 0.25) is 0 Å². The number of anilines is 2. The van der Waals surface area contributed by atoms with Crippen molar-refractivity contribution in [2.45, 2.75) is 0 Å². The molecule has 0 aliphatic rings.